The van der Waals surface area contributed by atoms with Gasteiger partial charge in [-0.2, -0.15) is 4.98 Å². The molecule has 0 saturated heterocycles. The van der Waals surface area contributed by atoms with E-state index in [0.29, 0.717) is 23.0 Å². The zero-order valence-corrected chi connectivity index (χ0v) is 13.0. The molecule has 1 aliphatic carbocycles. The molecule has 0 atom stereocenters. The van der Waals surface area contributed by atoms with Crippen molar-refractivity contribution < 1.29 is 14.1 Å². The Labute approximate surface area is 129 Å². The number of methoxy groups -OCH3 is 1. The Bertz CT molecular complexity index is 709. The van der Waals surface area contributed by atoms with Crippen molar-refractivity contribution in [2.24, 2.45) is 0 Å². The maximum atomic E-state index is 12.7. The average Bonchev–Trinajstić information content (AvgIpc) is 3.13. The van der Waals surface area contributed by atoms with E-state index in [1.807, 2.05) is 12.1 Å². The Morgan fingerprint density at radius 1 is 1.36 bits per heavy atom. The summed E-state index contributed by atoms with van der Waals surface area (Å²) in [5, 5.41) is 3.73. The van der Waals surface area contributed by atoms with Crippen LogP contribution in [0.1, 0.15) is 39.6 Å². The van der Waals surface area contributed by atoms with E-state index in [0.717, 1.165) is 19.3 Å². The Morgan fingerprint density at radius 3 is 2.73 bits per heavy atom. The van der Waals surface area contributed by atoms with E-state index in [9.17, 15) is 4.79 Å². The molecule has 0 N–H and O–H groups in total. The number of fused-ring (bicyclic) bond motifs is 1. The number of hydrogen-bond acceptors (Lipinski definition) is 5. The van der Waals surface area contributed by atoms with E-state index in [2.05, 4.69) is 10.1 Å². The number of rotatable bonds is 4. The van der Waals surface area contributed by atoms with Crippen molar-refractivity contribution in [2.75, 3.05) is 14.2 Å². The molecule has 0 bridgehead atoms. The van der Waals surface area contributed by atoms with Crippen molar-refractivity contribution in [1.29, 1.82) is 0 Å². The molecule has 1 aromatic heterocycles. The van der Waals surface area contributed by atoms with Gasteiger partial charge in [0.15, 0.2) is 5.82 Å². The first-order valence-corrected chi connectivity index (χ1v) is 7.33. The molecule has 0 aliphatic heterocycles. The van der Waals surface area contributed by atoms with Crippen LogP contribution in [0.5, 0.6) is 5.75 Å². The molecule has 22 heavy (non-hydrogen) atoms. The molecule has 0 radical (unpaired) electrons. The van der Waals surface area contributed by atoms with Crippen LogP contribution >= 0.6 is 0 Å². The fraction of sp³-hybridized carbons (Fsp3) is 0.438. The summed E-state index contributed by atoms with van der Waals surface area (Å²) < 4.78 is 10.5. The van der Waals surface area contributed by atoms with Gasteiger partial charge in [-0.05, 0) is 49.4 Å². The number of ether oxygens (including phenoxy) is 1. The standard InChI is InChI=1S/C16H19N3O3/c1-10-17-15(22-18-10)9-19(2)16(20)13-7-11-5-4-6-12(11)8-14(13)21-3/h7-8H,4-6,9H2,1-3H3. The van der Waals surface area contributed by atoms with Crippen LogP contribution in [0.4, 0.5) is 0 Å². The van der Waals surface area contributed by atoms with Crippen molar-refractivity contribution in [1.82, 2.24) is 15.0 Å². The van der Waals surface area contributed by atoms with Crippen molar-refractivity contribution in [2.45, 2.75) is 32.7 Å². The number of benzene rings is 1. The molecule has 2 aromatic rings. The molecule has 0 unspecified atom stereocenters. The van der Waals surface area contributed by atoms with E-state index < -0.39 is 0 Å². The molecule has 6 nitrogen and oxygen atoms in total. The summed E-state index contributed by atoms with van der Waals surface area (Å²) in [5.74, 6) is 1.50. The van der Waals surface area contributed by atoms with Gasteiger partial charge < -0.3 is 14.2 Å². The summed E-state index contributed by atoms with van der Waals surface area (Å²) in [5.41, 5.74) is 3.11. The van der Waals surface area contributed by atoms with Crippen LogP contribution in [0.25, 0.3) is 0 Å². The third-order valence-electron chi connectivity index (χ3n) is 3.93. The van der Waals surface area contributed by atoms with Crippen LogP contribution in [0.15, 0.2) is 16.7 Å². The van der Waals surface area contributed by atoms with Gasteiger partial charge in [-0.25, -0.2) is 0 Å². The molecular weight excluding hydrogens is 282 g/mol. The smallest absolute Gasteiger partial charge is 0.257 e. The van der Waals surface area contributed by atoms with Gasteiger partial charge in [0.1, 0.15) is 5.75 Å². The highest BCUT2D eigenvalue weighted by Crippen LogP contribution is 2.30. The number of carbonyl (C=O) groups is 1. The molecule has 0 saturated carbocycles. The Balaban J connectivity index is 1.84. The van der Waals surface area contributed by atoms with Crippen LogP contribution in [-0.4, -0.2) is 35.1 Å². The first-order valence-electron chi connectivity index (χ1n) is 7.33. The van der Waals surface area contributed by atoms with Crippen molar-refractivity contribution in [3.8, 4) is 5.75 Å². The van der Waals surface area contributed by atoms with E-state index >= 15 is 0 Å². The van der Waals surface area contributed by atoms with E-state index in [4.69, 9.17) is 9.26 Å². The zero-order valence-electron chi connectivity index (χ0n) is 13.0. The SMILES string of the molecule is COc1cc2c(cc1C(=O)N(C)Cc1nc(C)no1)CCC2. The molecule has 0 fully saturated rings. The fourth-order valence-corrected chi connectivity index (χ4v) is 2.82. The lowest BCUT2D eigenvalue weighted by molar-refractivity contribution is 0.0766. The fourth-order valence-electron chi connectivity index (χ4n) is 2.82. The minimum absolute atomic E-state index is 0.109. The van der Waals surface area contributed by atoms with E-state index in [-0.39, 0.29) is 12.5 Å². The lowest BCUT2D eigenvalue weighted by Gasteiger charge is -2.18. The van der Waals surface area contributed by atoms with Crippen LogP contribution in [0.3, 0.4) is 0 Å². The van der Waals surface area contributed by atoms with Gasteiger partial charge in [0, 0.05) is 7.05 Å². The Morgan fingerprint density at radius 2 is 2.09 bits per heavy atom. The van der Waals surface area contributed by atoms with Crippen molar-refractivity contribution >= 4 is 5.91 Å². The number of aromatic nitrogens is 2. The maximum absolute atomic E-state index is 12.7. The quantitative estimate of drug-likeness (QED) is 0.865. The predicted octanol–water partition coefficient (Wildman–Crippen LogP) is 2.15. The van der Waals surface area contributed by atoms with Gasteiger partial charge in [-0.15, -0.1) is 0 Å². The van der Waals surface area contributed by atoms with Gasteiger partial charge in [0.05, 0.1) is 19.2 Å². The normalized spacial score (nSPS) is 13.0. The second-order valence-corrected chi connectivity index (χ2v) is 5.57. The second-order valence-electron chi connectivity index (χ2n) is 5.57. The average molecular weight is 301 g/mol. The van der Waals surface area contributed by atoms with Gasteiger partial charge in [-0.3, -0.25) is 4.79 Å². The van der Waals surface area contributed by atoms with E-state index in [1.165, 1.54) is 11.1 Å². The summed E-state index contributed by atoms with van der Waals surface area (Å²) in [6, 6.07) is 3.94. The molecule has 1 amide bonds. The maximum Gasteiger partial charge on any atom is 0.257 e. The highest BCUT2D eigenvalue weighted by Gasteiger charge is 2.22. The summed E-state index contributed by atoms with van der Waals surface area (Å²) in [6.07, 6.45) is 3.21. The summed E-state index contributed by atoms with van der Waals surface area (Å²) in [4.78, 5) is 18.4. The predicted molar refractivity (Wildman–Crippen MR) is 79.9 cm³/mol. The first kappa shape index (κ1) is 14.6. The van der Waals surface area contributed by atoms with Crippen molar-refractivity contribution in [3.05, 3.63) is 40.5 Å². The van der Waals surface area contributed by atoms with Gasteiger partial charge in [0.25, 0.3) is 5.91 Å². The summed E-state index contributed by atoms with van der Waals surface area (Å²) in [6.45, 7) is 2.03. The molecule has 116 valence electrons. The number of carbonyl (C=O) groups excluding carboxylic acids is 1. The zero-order chi connectivity index (χ0) is 15.7. The van der Waals surface area contributed by atoms with Crippen LogP contribution in [-0.2, 0) is 19.4 Å². The minimum atomic E-state index is -0.109. The molecule has 3 rings (SSSR count). The molecule has 1 heterocycles. The molecule has 1 aromatic carbocycles. The minimum Gasteiger partial charge on any atom is -0.496 e. The van der Waals surface area contributed by atoms with Gasteiger partial charge in [-0.1, -0.05) is 5.16 Å². The van der Waals surface area contributed by atoms with Crippen molar-refractivity contribution in [3.63, 3.8) is 0 Å². The summed E-state index contributed by atoms with van der Waals surface area (Å²) >= 11 is 0. The third kappa shape index (κ3) is 2.68. The lowest BCUT2D eigenvalue weighted by Crippen LogP contribution is -2.27. The lowest BCUT2D eigenvalue weighted by atomic mass is 10.0. The number of amides is 1. The first-order chi connectivity index (χ1) is 10.6. The number of hydrogen-bond donors (Lipinski definition) is 0. The van der Waals surface area contributed by atoms with Crippen LogP contribution in [0, 0.1) is 6.92 Å². The molecule has 6 heteroatoms. The van der Waals surface area contributed by atoms with Gasteiger partial charge in [0.2, 0.25) is 5.89 Å². The highest BCUT2D eigenvalue weighted by atomic mass is 16.5. The van der Waals surface area contributed by atoms with Crippen LogP contribution in [0.2, 0.25) is 0 Å². The monoisotopic (exact) mass is 301 g/mol. The highest BCUT2D eigenvalue weighted by molar-refractivity contribution is 5.97. The number of aryl methyl sites for hydroxylation is 3. The molecule has 1 aliphatic rings. The van der Waals surface area contributed by atoms with Gasteiger partial charge >= 0.3 is 0 Å². The number of nitrogens with zero attached hydrogens (tertiary/aromatic N) is 3. The Hall–Kier alpha value is -2.37. The third-order valence-corrected chi connectivity index (χ3v) is 3.93. The second kappa shape index (κ2) is 5.79. The molecular formula is C16H19N3O3. The van der Waals surface area contributed by atoms with Crippen LogP contribution < -0.4 is 4.74 Å². The summed E-state index contributed by atoms with van der Waals surface area (Å²) in [7, 11) is 3.31. The Kier molecular flexibility index (Phi) is 3.83. The largest absolute Gasteiger partial charge is 0.496 e. The topological polar surface area (TPSA) is 68.5 Å². The molecule has 0 spiro atoms. The van der Waals surface area contributed by atoms with E-state index in [1.54, 1.807) is 26.0 Å².